The number of carbonyl (C=O) groups is 1. The molecular formula is C13H18N4OS. The molecule has 0 aliphatic rings. The first kappa shape index (κ1) is 13.7. The third-order valence-corrected chi connectivity index (χ3v) is 3.80. The van der Waals surface area contributed by atoms with Gasteiger partial charge in [0, 0.05) is 24.4 Å². The number of aromatic nitrogens is 3. The van der Waals surface area contributed by atoms with E-state index in [2.05, 4.69) is 21.2 Å². The van der Waals surface area contributed by atoms with Crippen molar-refractivity contribution in [2.45, 2.75) is 26.2 Å². The molecule has 2 aromatic rings. The monoisotopic (exact) mass is 278 g/mol. The second-order valence-corrected chi connectivity index (χ2v) is 5.79. The van der Waals surface area contributed by atoms with Crippen LogP contribution < -0.4 is 0 Å². The number of aromatic amines is 1. The number of H-pyrrole nitrogens is 1. The molecule has 102 valence electrons. The Kier molecular flexibility index (Phi) is 4.31. The summed E-state index contributed by atoms with van der Waals surface area (Å²) in [5.74, 6) is 1.09. The van der Waals surface area contributed by atoms with Crippen molar-refractivity contribution >= 4 is 17.2 Å². The molecule has 0 atom stereocenters. The van der Waals surface area contributed by atoms with Crippen molar-refractivity contribution in [2.75, 3.05) is 13.6 Å². The molecule has 2 aromatic heterocycles. The van der Waals surface area contributed by atoms with Crippen LogP contribution in [0.15, 0.2) is 17.5 Å². The highest BCUT2D eigenvalue weighted by atomic mass is 32.1. The summed E-state index contributed by atoms with van der Waals surface area (Å²) in [5.41, 5.74) is 0. The Hall–Kier alpha value is -1.69. The molecular weight excluding hydrogens is 260 g/mol. The summed E-state index contributed by atoms with van der Waals surface area (Å²) < 4.78 is 0. The predicted octanol–water partition coefficient (Wildman–Crippen LogP) is 2.30. The predicted molar refractivity (Wildman–Crippen MR) is 75.5 cm³/mol. The highest BCUT2D eigenvalue weighted by molar-refractivity contribution is 7.09. The van der Waals surface area contributed by atoms with E-state index < -0.39 is 0 Å². The van der Waals surface area contributed by atoms with Crippen molar-refractivity contribution in [3.05, 3.63) is 34.0 Å². The minimum absolute atomic E-state index is 0.139. The fraction of sp³-hybridized carbons (Fsp3) is 0.462. The lowest BCUT2D eigenvalue weighted by molar-refractivity contribution is 0.0785. The van der Waals surface area contributed by atoms with Crippen LogP contribution in [0, 0.1) is 0 Å². The van der Waals surface area contributed by atoms with Gasteiger partial charge in [-0.25, -0.2) is 4.98 Å². The molecule has 5 nitrogen and oxygen atoms in total. The summed E-state index contributed by atoms with van der Waals surface area (Å²) in [6, 6.07) is 4.10. The zero-order valence-electron chi connectivity index (χ0n) is 11.4. The molecule has 1 amide bonds. The minimum Gasteiger partial charge on any atom is -0.339 e. The van der Waals surface area contributed by atoms with E-state index in [9.17, 15) is 4.79 Å². The van der Waals surface area contributed by atoms with E-state index in [1.54, 1.807) is 23.3 Å². The summed E-state index contributed by atoms with van der Waals surface area (Å²) >= 11 is 1.71. The fourth-order valence-corrected chi connectivity index (χ4v) is 2.33. The quantitative estimate of drug-likeness (QED) is 0.913. The molecule has 1 N–H and O–H groups in total. The Bertz CT molecular complexity index is 533. The molecule has 0 saturated heterocycles. The van der Waals surface area contributed by atoms with Crippen LogP contribution in [0.2, 0.25) is 0 Å². The molecule has 0 aliphatic heterocycles. The topological polar surface area (TPSA) is 61.9 Å². The van der Waals surface area contributed by atoms with Crippen LogP contribution >= 0.6 is 11.3 Å². The van der Waals surface area contributed by atoms with E-state index >= 15 is 0 Å². The molecule has 0 fully saturated rings. The largest absolute Gasteiger partial charge is 0.339 e. The van der Waals surface area contributed by atoms with Gasteiger partial charge in [-0.05, 0) is 17.9 Å². The van der Waals surface area contributed by atoms with Gasteiger partial charge in [-0.2, -0.15) is 0 Å². The number of thiophene rings is 1. The van der Waals surface area contributed by atoms with Gasteiger partial charge in [0.05, 0.1) is 0 Å². The number of carbonyl (C=O) groups excluding carboxylic acids is 1. The second kappa shape index (κ2) is 5.97. The Labute approximate surface area is 116 Å². The Morgan fingerprint density at radius 1 is 1.53 bits per heavy atom. The molecule has 19 heavy (non-hydrogen) atoms. The van der Waals surface area contributed by atoms with E-state index in [0.29, 0.717) is 6.54 Å². The number of likely N-dealkylation sites (N-methyl/N-ethyl adjacent to an activating group) is 1. The van der Waals surface area contributed by atoms with Crippen molar-refractivity contribution in [2.24, 2.45) is 0 Å². The van der Waals surface area contributed by atoms with Gasteiger partial charge in [0.25, 0.3) is 5.91 Å². The summed E-state index contributed by atoms with van der Waals surface area (Å²) in [6.07, 6.45) is 0.862. The van der Waals surface area contributed by atoms with Crippen LogP contribution in [-0.2, 0) is 6.42 Å². The average molecular weight is 278 g/mol. The Balaban J connectivity index is 1.94. The SMILES string of the molecule is CC(C)c1nc(C(=O)N(C)CCc2cccs2)n[nH]1. The average Bonchev–Trinajstić information content (AvgIpc) is 3.05. The number of hydrogen-bond acceptors (Lipinski definition) is 4. The number of nitrogens with one attached hydrogen (secondary N) is 1. The highest BCUT2D eigenvalue weighted by Crippen LogP contribution is 2.11. The maximum absolute atomic E-state index is 12.1. The molecule has 0 aliphatic carbocycles. The zero-order valence-corrected chi connectivity index (χ0v) is 12.2. The van der Waals surface area contributed by atoms with Gasteiger partial charge >= 0.3 is 0 Å². The van der Waals surface area contributed by atoms with Crippen molar-refractivity contribution in [1.82, 2.24) is 20.1 Å². The van der Waals surface area contributed by atoms with Gasteiger partial charge in [0.1, 0.15) is 5.82 Å². The fourth-order valence-electron chi connectivity index (χ4n) is 1.63. The molecule has 0 bridgehead atoms. The molecule has 0 radical (unpaired) electrons. The first-order valence-corrected chi connectivity index (χ1v) is 7.16. The van der Waals surface area contributed by atoms with Crippen LogP contribution in [0.5, 0.6) is 0 Å². The standard InChI is InChI=1S/C13H18N4OS/c1-9(2)11-14-12(16-15-11)13(18)17(3)7-6-10-5-4-8-19-10/h4-5,8-9H,6-7H2,1-3H3,(H,14,15,16). The first-order valence-electron chi connectivity index (χ1n) is 6.28. The maximum atomic E-state index is 12.1. The smallest absolute Gasteiger partial charge is 0.293 e. The third-order valence-electron chi connectivity index (χ3n) is 2.86. The lowest BCUT2D eigenvalue weighted by Gasteiger charge is -2.14. The van der Waals surface area contributed by atoms with Gasteiger partial charge in [-0.1, -0.05) is 19.9 Å². The lowest BCUT2D eigenvalue weighted by Crippen LogP contribution is -2.29. The molecule has 0 aromatic carbocycles. The highest BCUT2D eigenvalue weighted by Gasteiger charge is 2.17. The van der Waals surface area contributed by atoms with Crippen molar-refractivity contribution in [1.29, 1.82) is 0 Å². The third kappa shape index (κ3) is 3.41. The second-order valence-electron chi connectivity index (χ2n) is 4.76. The summed E-state index contributed by atoms with van der Waals surface area (Å²) in [5, 5.41) is 8.83. The summed E-state index contributed by atoms with van der Waals surface area (Å²) in [7, 11) is 1.78. The maximum Gasteiger partial charge on any atom is 0.293 e. The lowest BCUT2D eigenvalue weighted by atomic mass is 10.2. The molecule has 2 rings (SSSR count). The number of hydrogen-bond donors (Lipinski definition) is 1. The van der Waals surface area contributed by atoms with Gasteiger partial charge in [-0.3, -0.25) is 9.89 Å². The molecule has 2 heterocycles. The first-order chi connectivity index (χ1) is 9.08. The van der Waals surface area contributed by atoms with Crippen LogP contribution in [0.4, 0.5) is 0 Å². The van der Waals surface area contributed by atoms with Gasteiger partial charge in [0.2, 0.25) is 5.82 Å². The van der Waals surface area contributed by atoms with E-state index in [1.807, 2.05) is 25.3 Å². The van der Waals surface area contributed by atoms with Crippen LogP contribution in [0.25, 0.3) is 0 Å². The van der Waals surface area contributed by atoms with Gasteiger partial charge in [-0.15, -0.1) is 16.4 Å². The number of amides is 1. The normalized spacial score (nSPS) is 10.9. The van der Waals surface area contributed by atoms with Crippen molar-refractivity contribution < 1.29 is 4.79 Å². The molecule has 0 unspecified atom stereocenters. The molecule has 0 spiro atoms. The van der Waals surface area contributed by atoms with Gasteiger partial charge in [0.15, 0.2) is 0 Å². The van der Waals surface area contributed by atoms with E-state index in [1.165, 1.54) is 4.88 Å². The number of nitrogens with zero attached hydrogens (tertiary/aromatic N) is 3. The number of rotatable bonds is 5. The minimum atomic E-state index is -0.139. The van der Waals surface area contributed by atoms with Crippen LogP contribution in [0.3, 0.4) is 0 Å². The summed E-state index contributed by atoms with van der Waals surface area (Å²) in [4.78, 5) is 19.3. The van der Waals surface area contributed by atoms with Crippen molar-refractivity contribution in [3.8, 4) is 0 Å². The molecule has 6 heteroatoms. The van der Waals surface area contributed by atoms with Gasteiger partial charge < -0.3 is 4.90 Å². The Morgan fingerprint density at radius 3 is 2.89 bits per heavy atom. The summed E-state index contributed by atoms with van der Waals surface area (Å²) in [6.45, 7) is 4.69. The van der Waals surface area contributed by atoms with E-state index in [-0.39, 0.29) is 17.6 Å². The zero-order chi connectivity index (χ0) is 13.8. The van der Waals surface area contributed by atoms with E-state index in [4.69, 9.17) is 0 Å². The van der Waals surface area contributed by atoms with E-state index in [0.717, 1.165) is 12.2 Å². The Morgan fingerprint density at radius 2 is 2.32 bits per heavy atom. The molecule has 0 saturated carbocycles. The van der Waals surface area contributed by atoms with Crippen molar-refractivity contribution in [3.63, 3.8) is 0 Å². The van der Waals surface area contributed by atoms with Crippen LogP contribution in [0.1, 0.15) is 41.1 Å². The van der Waals surface area contributed by atoms with Crippen LogP contribution in [-0.4, -0.2) is 39.6 Å².